The predicted octanol–water partition coefficient (Wildman–Crippen LogP) is 2.60. The number of fused-ring (bicyclic) bond motifs is 1. The molecule has 2 amide bonds. The molecule has 0 bridgehead atoms. The second kappa shape index (κ2) is 15.0. The van der Waals surface area contributed by atoms with Crippen LogP contribution in [0.4, 0.5) is 0 Å². The van der Waals surface area contributed by atoms with Gasteiger partial charge in [0.1, 0.15) is 12.7 Å². The standard InChI is InChI=1S/C33H38N2O11/c1-17(36)34-27-15-14-24(25-8-6-7-9-26(25)27)22-10-12-23(13-11-22)32(41)35-33-31(45-21(5)40)30(44-20(4)39)29(43-19(3)38)28(46-33)16-42-18(2)37/h6-13,24,27-31,33H,14-16H2,1-5H3,(H,34,36)(H,35,41)/t24?,27?,28?,29-,30?,31?,33-/m1/s1. The predicted molar refractivity (Wildman–Crippen MR) is 160 cm³/mol. The minimum atomic E-state index is -1.42. The van der Waals surface area contributed by atoms with Crippen molar-refractivity contribution in [3.05, 3.63) is 70.8 Å². The van der Waals surface area contributed by atoms with Gasteiger partial charge in [0.05, 0.1) is 6.04 Å². The van der Waals surface area contributed by atoms with E-state index in [2.05, 4.69) is 10.6 Å². The van der Waals surface area contributed by atoms with Gasteiger partial charge in [-0.2, -0.15) is 0 Å². The minimum absolute atomic E-state index is 0.0538. The topological polar surface area (TPSA) is 173 Å². The van der Waals surface area contributed by atoms with E-state index in [0.717, 1.165) is 50.3 Å². The molecule has 5 unspecified atom stereocenters. The van der Waals surface area contributed by atoms with Gasteiger partial charge in [0.15, 0.2) is 24.5 Å². The molecule has 46 heavy (non-hydrogen) atoms. The molecule has 7 atom stereocenters. The number of nitrogens with one attached hydrogen (secondary N) is 2. The van der Waals surface area contributed by atoms with E-state index < -0.39 is 67.0 Å². The van der Waals surface area contributed by atoms with E-state index in [4.69, 9.17) is 23.7 Å². The summed E-state index contributed by atoms with van der Waals surface area (Å²) in [5.74, 6) is -3.59. The first-order valence-corrected chi connectivity index (χ1v) is 14.9. The summed E-state index contributed by atoms with van der Waals surface area (Å²) >= 11 is 0. The highest BCUT2D eigenvalue weighted by Crippen LogP contribution is 2.41. The van der Waals surface area contributed by atoms with Crippen molar-refractivity contribution >= 4 is 35.7 Å². The maximum atomic E-state index is 13.5. The zero-order chi connectivity index (χ0) is 33.5. The van der Waals surface area contributed by atoms with Crippen molar-refractivity contribution in [2.45, 2.75) is 90.1 Å². The molecule has 2 N–H and O–H groups in total. The molecule has 1 aliphatic heterocycles. The number of hydrogen-bond donors (Lipinski definition) is 2. The van der Waals surface area contributed by atoms with E-state index in [-0.39, 0.29) is 23.4 Å². The molecule has 0 aromatic heterocycles. The third kappa shape index (κ3) is 8.47. The van der Waals surface area contributed by atoms with E-state index in [1.807, 2.05) is 36.4 Å². The summed E-state index contributed by atoms with van der Waals surface area (Å²) in [6, 6.07) is 14.9. The van der Waals surface area contributed by atoms with Crippen LogP contribution in [0.15, 0.2) is 48.5 Å². The first kappa shape index (κ1) is 34.1. The van der Waals surface area contributed by atoms with Crippen LogP contribution in [-0.2, 0) is 47.7 Å². The molecule has 1 heterocycles. The van der Waals surface area contributed by atoms with Gasteiger partial charge in [-0.25, -0.2) is 0 Å². The van der Waals surface area contributed by atoms with Gasteiger partial charge in [-0.3, -0.25) is 28.8 Å². The van der Waals surface area contributed by atoms with Gasteiger partial charge in [-0.05, 0) is 41.7 Å². The van der Waals surface area contributed by atoms with Crippen LogP contribution in [0.2, 0.25) is 0 Å². The molecule has 0 radical (unpaired) electrons. The number of carbonyl (C=O) groups is 6. The van der Waals surface area contributed by atoms with E-state index in [9.17, 15) is 28.8 Å². The summed E-state index contributed by atoms with van der Waals surface area (Å²) in [6.45, 7) is 5.62. The third-order valence-electron chi connectivity index (χ3n) is 7.71. The van der Waals surface area contributed by atoms with E-state index in [1.165, 1.54) is 13.8 Å². The average molecular weight is 639 g/mol. The lowest BCUT2D eigenvalue weighted by Gasteiger charge is -2.44. The first-order valence-electron chi connectivity index (χ1n) is 14.9. The number of ether oxygens (including phenoxy) is 5. The molecule has 13 heteroatoms. The molecule has 1 saturated heterocycles. The van der Waals surface area contributed by atoms with Crippen LogP contribution in [0.3, 0.4) is 0 Å². The Morgan fingerprint density at radius 1 is 0.696 bits per heavy atom. The van der Waals surface area contributed by atoms with Gasteiger partial charge in [-0.15, -0.1) is 0 Å². The normalized spacial score (nSPS) is 25.2. The average Bonchev–Trinajstić information content (AvgIpc) is 2.98. The highest BCUT2D eigenvalue weighted by atomic mass is 16.7. The summed E-state index contributed by atoms with van der Waals surface area (Å²) in [5.41, 5.74) is 3.40. The van der Waals surface area contributed by atoms with Gasteiger partial charge in [-0.1, -0.05) is 36.4 Å². The van der Waals surface area contributed by atoms with Crippen LogP contribution in [-0.4, -0.2) is 72.9 Å². The number of hydrogen-bond acceptors (Lipinski definition) is 11. The van der Waals surface area contributed by atoms with Crippen molar-refractivity contribution < 1.29 is 52.5 Å². The molecule has 2 aromatic carbocycles. The molecule has 246 valence electrons. The summed E-state index contributed by atoms with van der Waals surface area (Å²) in [7, 11) is 0. The maximum absolute atomic E-state index is 13.5. The van der Waals surface area contributed by atoms with Crippen molar-refractivity contribution in [2.24, 2.45) is 0 Å². The lowest BCUT2D eigenvalue weighted by atomic mass is 9.76. The van der Waals surface area contributed by atoms with Gasteiger partial charge in [0.25, 0.3) is 5.91 Å². The Kier molecular flexibility index (Phi) is 11.1. The molecule has 0 spiro atoms. The van der Waals surface area contributed by atoms with Gasteiger partial charge >= 0.3 is 23.9 Å². The van der Waals surface area contributed by atoms with Crippen molar-refractivity contribution in [3.8, 4) is 0 Å². The SMILES string of the molecule is CC(=O)NC1CCC(c2ccc(C(=O)N[C@@H]3OC(COC(C)=O)[C@@H](OC(C)=O)C(OC(C)=O)C3OC(C)=O)cc2)c2ccccc21. The van der Waals surface area contributed by atoms with Crippen LogP contribution < -0.4 is 10.6 Å². The van der Waals surface area contributed by atoms with E-state index >= 15 is 0 Å². The molecule has 0 saturated carbocycles. The Balaban J connectivity index is 1.58. The molecule has 2 aromatic rings. The minimum Gasteiger partial charge on any atom is -0.463 e. The molecular formula is C33H38N2O11. The van der Waals surface area contributed by atoms with E-state index in [0.29, 0.717) is 0 Å². The monoisotopic (exact) mass is 638 g/mol. The molecule has 4 rings (SSSR count). The fourth-order valence-electron chi connectivity index (χ4n) is 5.96. The number of benzene rings is 2. The Morgan fingerprint density at radius 2 is 1.28 bits per heavy atom. The molecular weight excluding hydrogens is 600 g/mol. The largest absolute Gasteiger partial charge is 0.463 e. The lowest BCUT2D eigenvalue weighted by Crippen LogP contribution is -2.66. The Labute approximate surface area is 266 Å². The highest BCUT2D eigenvalue weighted by Gasteiger charge is 2.52. The number of amides is 2. The first-order chi connectivity index (χ1) is 21.8. The van der Waals surface area contributed by atoms with Crippen LogP contribution in [0, 0.1) is 0 Å². The van der Waals surface area contributed by atoms with Crippen LogP contribution in [0.25, 0.3) is 0 Å². The Morgan fingerprint density at radius 3 is 1.87 bits per heavy atom. The molecule has 1 aliphatic carbocycles. The van der Waals surface area contributed by atoms with Crippen LogP contribution in [0.1, 0.15) is 86.5 Å². The number of esters is 4. The van der Waals surface area contributed by atoms with Crippen LogP contribution >= 0.6 is 0 Å². The third-order valence-corrected chi connectivity index (χ3v) is 7.71. The number of carbonyl (C=O) groups excluding carboxylic acids is 6. The zero-order valence-corrected chi connectivity index (χ0v) is 26.3. The fourth-order valence-corrected chi connectivity index (χ4v) is 5.96. The lowest BCUT2D eigenvalue weighted by molar-refractivity contribution is -0.255. The zero-order valence-electron chi connectivity index (χ0n) is 26.3. The van der Waals surface area contributed by atoms with Gasteiger partial charge in [0.2, 0.25) is 5.91 Å². The Hall–Kier alpha value is -4.78. The second-order valence-electron chi connectivity index (χ2n) is 11.2. The summed E-state index contributed by atoms with van der Waals surface area (Å²) in [5, 5.41) is 5.69. The van der Waals surface area contributed by atoms with Crippen LogP contribution in [0.5, 0.6) is 0 Å². The van der Waals surface area contributed by atoms with E-state index in [1.54, 1.807) is 12.1 Å². The van der Waals surface area contributed by atoms with Crippen molar-refractivity contribution in [1.82, 2.24) is 10.6 Å². The van der Waals surface area contributed by atoms with Gasteiger partial charge < -0.3 is 34.3 Å². The number of rotatable bonds is 9. The van der Waals surface area contributed by atoms with Gasteiger partial charge in [0, 0.05) is 46.1 Å². The summed E-state index contributed by atoms with van der Waals surface area (Å²) in [4.78, 5) is 72.9. The van der Waals surface area contributed by atoms with Crippen molar-refractivity contribution in [1.29, 1.82) is 0 Å². The summed E-state index contributed by atoms with van der Waals surface area (Å²) < 4.78 is 27.3. The quantitative estimate of drug-likeness (QED) is 0.305. The molecule has 2 aliphatic rings. The fraction of sp³-hybridized carbons (Fsp3) is 0.455. The molecule has 1 fully saturated rings. The highest BCUT2D eigenvalue weighted by molar-refractivity contribution is 5.94. The second-order valence-corrected chi connectivity index (χ2v) is 11.2. The smallest absolute Gasteiger partial charge is 0.303 e. The molecule has 13 nitrogen and oxygen atoms in total. The summed E-state index contributed by atoms with van der Waals surface area (Å²) in [6.07, 6.45) is -5.18. The maximum Gasteiger partial charge on any atom is 0.303 e. The van der Waals surface area contributed by atoms with Crippen molar-refractivity contribution in [3.63, 3.8) is 0 Å². The van der Waals surface area contributed by atoms with Crippen molar-refractivity contribution in [2.75, 3.05) is 6.61 Å². The Bertz CT molecular complexity index is 1470.